The molecule has 112 valence electrons. The summed E-state index contributed by atoms with van der Waals surface area (Å²) in [7, 11) is 0. The van der Waals surface area contributed by atoms with Crippen LogP contribution in [0, 0.1) is 17.0 Å². The van der Waals surface area contributed by atoms with Crippen molar-refractivity contribution in [2.45, 2.75) is 6.92 Å². The molecule has 0 unspecified atom stereocenters. The molecule has 0 saturated carbocycles. The molecule has 1 aromatic carbocycles. The van der Waals surface area contributed by atoms with E-state index in [4.69, 9.17) is 9.47 Å². The second kappa shape index (κ2) is 5.68. The first-order valence-electron chi connectivity index (χ1n) is 6.44. The molecule has 0 fully saturated rings. The van der Waals surface area contributed by atoms with E-state index in [-0.39, 0.29) is 18.3 Å². The Labute approximate surface area is 125 Å². The van der Waals surface area contributed by atoms with Crippen LogP contribution in [0.15, 0.2) is 35.6 Å². The Hall–Kier alpha value is -3.16. The van der Waals surface area contributed by atoms with Crippen molar-refractivity contribution in [3.63, 3.8) is 0 Å². The first-order chi connectivity index (χ1) is 10.6. The van der Waals surface area contributed by atoms with Gasteiger partial charge in [-0.25, -0.2) is 4.98 Å². The number of hydrogen-bond acceptors (Lipinski definition) is 7. The van der Waals surface area contributed by atoms with E-state index in [1.165, 1.54) is 18.3 Å². The maximum atomic E-state index is 10.9. The lowest BCUT2D eigenvalue weighted by Crippen LogP contribution is -1.99. The maximum absolute atomic E-state index is 10.9. The molecule has 2 aromatic rings. The van der Waals surface area contributed by atoms with Crippen LogP contribution in [-0.4, -0.2) is 22.9 Å². The van der Waals surface area contributed by atoms with Gasteiger partial charge in [0, 0.05) is 17.8 Å². The number of hydrogen-bond donors (Lipinski definition) is 1. The minimum Gasteiger partial charge on any atom is -0.454 e. The third kappa shape index (κ3) is 2.66. The molecule has 0 aliphatic carbocycles. The van der Waals surface area contributed by atoms with Crippen molar-refractivity contribution in [2.75, 3.05) is 12.2 Å². The van der Waals surface area contributed by atoms with E-state index in [0.717, 1.165) is 11.1 Å². The summed E-state index contributed by atoms with van der Waals surface area (Å²) in [4.78, 5) is 14.3. The summed E-state index contributed by atoms with van der Waals surface area (Å²) in [5.74, 6) is 1.43. The molecule has 8 nitrogen and oxygen atoms in total. The van der Waals surface area contributed by atoms with Gasteiger partial charge in [-0.3, -0.25) is 15.5 Å². The summed E-state index contributed by atoms with van der Waals surface area (Å²) >= 11 is 0. The molecule has 2 heterocycles. The van der Waals surface area contributed by atoms with Gasteiger partial charge in [0.1, 0.15) is 0 Å². The lowest BCUT2D eigenvalue weighted by Gasteiger charge is -2.03. The number of fused-ring (bicyclic) bond motifs is 1. The largest absolute Gasteiger partial charge is 0.454 e. The Morgan fingerprint density at radius 2 is 2.18 bits per heavy atom. The molecule has 1 aliphatic heterocycles. The molecule has 1 N–H and O–H groups in total. The summed E-state index contributed by atoms with van der Waals surface area (Å²) in [6.07, 6.45) is 3.01. The van der Waals surface area contributed by atoms with Crippen LogP contribution in [-0.2, 0) is 0 Å². The molecule has 3 rings (SSSR count). The Bertz CT molecular complexity index is 761. The van der Waals surface area contributed by atoms with Crippen LogP contribution in [0.1, 0.15) is 11.1 Å². The number of pyridine rings is 1. The van der Waals surface area contributed by atoms with Gasteiger partial charge in [-0.2, -0.15) is 5.10 Å². The summed E-state index contributed by atoms with van der Waals surface area (Å²) in [6, 6.07) is 6.51. The van der Waals surface area contributed by atoms with Crippen molar-refractivity contribution in [3.8, 4) is 11.5 Å². The van der Waals surface area contributed by atoms with E-state index in [1.807, 2.05) is 13.0 Å². The second-order valence-electron chi connectivity index (χ2n) is 4.56. The lowest BCUT2D eigenvalue weighted by atomic mass is 10.1. The molecule has 1 aliphatic rings. The average Bonchev–Trinajstić information content (AvgIpc) is 2.94. The van der Waals surface area contributed by atoms with Crippen LogP contribution in [0.4, 0.5) is 11.5 Å². The molecule has 1 aromatic heterocycles. The minimum atomic E-state index is -0.517. The van der Waals surface area contributed by atoms with Crippen LogP contribution < -0.4 is 14.9 Å². The predicted molar refractivity (Wildman–Crippen MR) is 79.4 cm³/mol. The Balaban J connectivity index is 1.80. The molecular weight excluding hydrogens is 288 g/mol. The van der Waals surface area contributed by atoms with Crippen molar-refractivity contribution in [2.24, 2.45) is 5.10 Å². The maximum Gasteiger partial charge on any atom is 0.313 e. The van der Waals surface area contributed by atoms with Gasteiger partial charge >= 0.3 is 5.69 Å². The molecule has 0 atom stereocenters. The van der Waals surface area contributed by atoms with Crippen molar-refractivity contribution in [1.82, 2.24) is 4.98 Å². The number of benzene rings is 1. The van der Waals surface area contributed by atoms with Crippen LogP contribution in [0.25, 0.3) is 0 Å². The molecule has 0 radical (unpaired) electrons. The zero-order valence-corrected chi connectivity index (χ0v) is 11.6. The SMILES string of the molecule is Cc1cc2c(cc1/C=N\Nc1ncccc1[N+](=O)[O-])OCO2. The number of anilines is 1. The van der Waals surface area contributed by atoms with E-state index in [0.29, 0.717) is 11.5 Å². The second-order valence-corrected chi connectivity index (χ2v) is 4.56. The highest BCUT2D eigenvalue weighted by atomic mass is 16.7. The van der Waals surface area contributed by atoms with Gasteiger partial charge in [0.25, 0.3) is 0 Å². The fraction of sp³-hybridized carbons (Fsp3) is 0.143. The summed E-state index contributed by atoms with van der Waals surface area (Å²) in [5, 5.41) is 14.9. The quantitative estimate of drug-likeness (QED) is 0.529. The first-order valence-corrected chi connectivity index (χ1v) is 6.44. The Morgan fingerprint density at radius 3 is 2.95 bits per heavy atom. The van der Waals surface area contributed by atoms with Crippen molar-refractivity contribution in [3.05, 3.63) is 51.7 Å². The Kier molecular flexibility index (Phi) is 3.57. The van der Waals surface area contributed by atoms with Gasteiger partial charge in [0.2, 0.25) is 12.6 Å². The third-order valence-electron chi connectivity index (χ3n) is 3.12. The standard InChI is InChI=1S/C14H12N4O4/c1-9-5-12-13(22-8-21-12)6-10(9)7-16-17-14-11(18(19)20)3-2-4-15-14/h2-7H,8H2,1H3,(H,15,17)/b16-7-. The van der Waals surface area contributed by atoms with Gasteiger partial charge in [-0.15, -0.1) is 0 Å². The van der Waals surface area contributed by atoms with Crippen molar-refractivity contribution < 1.29 is 14.4 Å². The van der Waals surface area contributed by atoms with Crippen LogP contribution in [0.3, 0.4) is 0 Å². The van der Waals surface area contributed by atoms with Gasteiger partial charge in [0.15, 0.2) is 11.5 Å². The molecule has 0 amide bonds. The number of nitrogens with zero attached hydrogens (tertiary/aromatic N) is 3. The predicted octanol–water partition coefficient (Wildman–Crippen LogP) is 2.47. The average molecular weight is 300 g/mol. The number of rotatable bonds is 4. The molecular formula is C14H12N4O4. The highest BCUT2D eigenvalue weighted by Gasteiger charge is 2.15. The van der Waals surface area contributed by atoms with Gasteiger partial charge in [-0.1, -0.05) is 0 Å². The van der Waals surface area contributed by atoms with Crippen LogP contribution in [0.5, 0.6) is 11.5 Å². The lowest BCUT2D eigenvalue weighted by molar-refractivity contribution is -0.384. The first kappa shape index (κ1) is 13.8. The summed E-state index contributed by atoms with van der Waals surface area (Å²) in [6.45, 7) is 2.11. The van der Waals surface area contributed by atoms with Crippen molar-refractivity contribution in [1.29, 1.82) is 0 Å². The topological polar surface area (TPSA) is 98.9 Å². The number of aryl methyl sites for hydroxylation is 1. The molecule has 0 spiro atoms. The van der Waals surface area contributed by atoms with E-state index in [2.05, 4.69) is 15.5 Å². The Morgan fingerprint density at radius 1 is 1.41 bits per heavy atom. The van der Waals surface area contributed by atoms with Gasteiger partial charge in [0.05, 0.1) is 11.1 Å². The molecule has 0 bridgehead atoms. The number of aromatic nitrogens is 1. The number of ether oxygens (including phenoxy) is 2. The number of nitro groups is 1. The normalized spacial score (nSPS) is 12.6. The third-order valence-corrected chi connectivity index (χ3v) is 3.12. The smallest absolute Gasteiger partial charge is 0.313 e. The molecule has 0 saturated heterocycles. The molecule has 8 heteroatoms. The van der Waals surface area contributed by atoms with Gasteiger partial charge in [-0.05, 0) is 30.7 Å². The number of hydrazone groups is 1. The fourth-order valence-electron chi connectivity index (χ4n) is 1.99. The summed E-state index contributed by atoms with van der Waals surface area (Å²) < 4.78 is 10.6. The van der Waals surface area contributed by atoms with Crippen LogP contribution in [0.2, 0.25) is 0 Å². The fourth-order valence-corrected chi connectivity index (χ4v) is 1.99. The summed E-state index contributed by atoms with van der Waals surface area (Å²) in [5.41, 5.74) is 4.21. The zero-order chi connectivity index (χ0) is 15.5. The van der Waals surface area contributed by atoms with Crippen molar-refractivity contribution >= 4 is 17.7 Å². The van der Waals surface area contributed by atoms with E-state index in [1.54, 1.807) is 12.3 Å². The minimum absolute atomic E-state index is 0.0853. The van der Waals surface area contributed by atoms with E-state index >= 15 is 0 Å². The van der Waals surface area contributed by atoms with Gasteiger partial charge < -0.3 is 9.47 Å². The zero-order valence-electron chi connectivity index (χ0n) is 11.6. The number of nitrogens with one attached hydrogen (secondary N) is 1. The highest BCUT2D eigenvalue weighted by molar-refractivity contribution is 5.84. The van der Waals surface area contributed by atoms with E-state index in [9.17, 15) is 10.1 Å². The van der Waals surface area contributed by atoms with E-state index < -0.39 is 4.92 Å². The highest BCUT2D eigenvalue weighted by Crippen LogP contribution is 2.34. The molecule has 22 heavy (non-hydrogen) atoms. The monoisotopic (exact) mass is 300 g/mol. The van der Waals surface area contributed by atoms with Crippen LogP contribution >= 0.6 is 0 Å².